The maximum Gasteiger partial charge on any atom is 0.306 e. The minimum atomic E-state index is -0.736. The molecule has 1 unspecified atom stereocenters. The summed E-state index contributed by atoms with van der Waals surface area (Å²) in [4.78, 5) is 21.1. The number of aryl methyl sites for hydroxylation is 1. The number of esters is 1. The molecule has 0 spiro atoms. The highest BCUT2D eigenvalue weighted by atomic mass is 31.1. The van der Waals surface area contributed by atoms with E-state index in [1.165, 1.54) is 0 Å². The molecular formula is C23H23N5O2P+. The standard InChI is InChI=1S/C23H23N5O2P/c1-31-25-15-21-22(16-26-31)27-20(14-24-21)19-9-12-28(13-10-19)11-5-8-23(29)30-17-18-6-3-2-4-7-18/h2-4,6-7,9-10,12-16H,5,8,11,17H2,1H3/q+1. The van der Waals surface area contributed by atoms with E-state index < -0.39 is 8.22 Å². The van der Waals surface area contributed by atoms with Gasteiger partial charge in [-0.1, -0.05) is 30.3 Å². The Morgan fingerprint density at radius 1 is 1.03 bits per heavy atom. The minimum Gasteiger partial charge on any atom is -0.461 e. The van der Waals surface area contributed by atoms with Gasteiger partial charge in [0.25, 0.3) is 0 Å². The van der Waals surface area contributed by atoms with Gasteiger partial charge < -0.3 is 4.74 Å². The van der Waals surface area contributed by atoms with Crippen LogP contribution in [0.3, 0.4) is 0 Å². The summed E-state index contributed by atoms with van der Waals surface area (Å²) in [6.45, 7) is 3.04. The van der Waals surface area contributed by atoms with Gasteiger partial charge in [0.15, 0.2) is 12.4 Å². The molecule has 0 fully saturated rings. The largest absolute Gasteiger partial charge is 0.461 e. The summed E-state index contributed by atoms with van der Waals surface area (Å²) in [5.74, 6) is -0.178. The first kappa shape index (κ1) is 20.9. The van der Waals surface area contributed by atoms with Crippen molar-refractivity contribution in [3.05, 3.63) is 78.0 Å². The van der Waals surface area contributed by atoms with Gasteiger partial charge >= 0.3 is 5.97 Å². The number of hydrogen-bond donors (Lipinski definition) is 0. The van der Waals surface area contributed by atoms with Crippen LogP contribution in [-0.4, -0.2) is 35.0 Å². The molecule has 3 aromatic rings. The molecule has 0 radical (unpaired) electrons. The highest BCUT2D eigenvalue weighted by Gasteiger charge is 2.11. The predicted octanol–water partition coefficient (Wildman–Crippen LogP) is 3.75. The van der Waals surface area contributed by atoms with Crippen LogP contribution >= 0.6 is 8.22 Å². The van der Waals surface area contributed by atoms with Gasteiger partial charge in [0.05, 0.1) is 30.7 Å². The SMILES string of the molecule is CP1N=Cc2ncc(-c3cc[n+](CCCC(=O)OCc4ccccc4)cc3)nc2C=N1. The molecule has 0 saturated heterocycles. The first-order chi connectivity index (χ1) is 15.2. The van der Waals surface area contributed by atoms with Crippen LogP contribution in [0.5, 0.6) is 0 Å². The monoisotopic (exact) mass is 432 g/mol. The molecule has 31 heavy (non-hydrogen) atoms. The van der Waals surface area contributed by atoms with Crippen molar-refractivity contribution in [3.8, 4) is 11.3 Å². The van der Waals surface area contributed by atoms with Crippen LogP contribution in [0.1, 0.15) is 29.8 Å². The van der Waals surface area contributed by atoms with E-state index in [9.17, 15) is 4.79 Å². The van der Waals surface area contributed by atoms with Crippen molar-refractivity contribution in [3.63, 3.8) is 0 Å². The third kappa shape index (κ3) is 5.86. The fourth-order valence-corrected chi connectivity index (χ4v) is 3.66. The number of ether oxygens (including phenoxy) is 1. The first-order valence-electron chi connectivity index (χ1n) is 10.1. The average Bonchev–Trinajstić information content (AvgIpc) is 3.00. The van der Waals surface area contributed by atoms with E-state index in [0.717, 1.165) is 34.8 Å². The van der Waals surface area contributed by atoms with E-state index in [-0.39, 0.29) is 5.97 Å². The second-order valence-corrected chi connectivity index (χ2v) is 8.52. The summed E-state index contributed by atoms with van der Waals surface area (Å²) in [5.41, 5.74) is 4.24. The third-order valence-electron chi connectivity index (χ3n) is 4.75. The molecular weight excluding hydrogens is 409 g/mol. The topological polar surface area (TPSA) is 80.7 Å². The molecule has 0 amide bonds. The van der Waals surface area contributed by atoms with Crippen LogP contribution in [0.15, 0.2) is 70.6 Å². The van der Waals surface area contributed by atoms with Crippen LogP contribution < -0.4 is 4.57 Å². The summed E-state index contributed by atoms with van der Waals surface area (Å²) in [6, 6.07) is 13.7. The normalized spacial score (nSPS) is 14.7. The Morgan fingerprint density at radius 2 is 1.77 bits per heavy atom. The molecule has 0 saturated carbocycles. The van der Waals surface area contributed by atoms with Crippen molar-refractivity contribution in [2.45, 2.75) is 26.0 Å². The Balaban J connectivity index is 1.29. The first-order valence-corrected chi connectivity index (χ1v) is 11.7. The van der Waals surface area contributed by atoms with Gasteiger partial charge in [-0.2, -0.15) is 0 Å². The van der Waals surface area contributed by atoms with Gasteiger partial charge in [-0.3, -0.25) is 9.78 Å². The van der Waals surface area contributed by atoms with Crippen molar-refractivity contribution in [1.29, 1.82) is 0 Å². The zero-order valence-corrected chi connectivity index (χ0v) is 18.2. The number of nitrogens with zero attached hydrogens (tertiary/aromatic N) is 5. The Kier molecular flexibility index (Phi) is 6.85. The summed E-state index contributed by atoms with van der Waals surface area (Å²) in [5, 5.41) is 0. The lowest BCUT2D eigenvalue weighted by Crippen LogP contribution is -2.32. The van der Waals surface area contributed by atoms with Crippen LogP contribution in [0.2, 0.25) is 0 Å². The average molecular weight is 432 g/mol. The van der Waals surface area contributed by atoms with E-state index >= 15 is 0 Å². The zero-order valence-electron chi connectivity index (χ0n) is 17.3. The summed E-state index contributed by atoms with van der Waals surface area (Å²) in [7, 11) is -0.736. The molecule has 1 aliphatic heterocycles. The van der Waals surface area contributed by atoms with Crippen molar-refractivity contribution < 1.29 is 14.1 Å². The van der Waals surface area contributed by atoms with Gasteiger partial charge in [0.2, 0.25) is 0 Å². The van der Waals surface area contributed by atoms with Gasteiger partial charge in [-0.05, 0) is 12.2 Å². The van der Waals surface area contributed by atoms with Crippen LogP contribution in [0.4, 0.5) is 0 Å². The lowest BCUT2D eigenvalue weighted by Gasteiger charge is -2.05. The number of aromatic nitrogens is 3. The van der Waals surface area contributed by atoms with Crippen LogP contribution in [0, 0.1) is 0 Å². The van der Waals surface area contributed by atoms with Gasteiger partial charge in [0, 0.05) is 24.1 Å². The van der Waals surface area contributed by atoms with Crippen molar-refractivity contribution in [1.82, 2.24) is 9.97 Å². The number of carbonyl (C=O) groups excluding carboxylic acids is 1. The molecule has 0 bridgehead atoms. The molecule has 1 atom stereocenters. The third-order valence-corrected chi connectivity index (χ3v) is 5.65. The molecule has 0 aliphatic carbocycles. The van der Waals surface area contributed by atoms with Gasteiger partial charge in [-0.25, -0.2) is 19.1 Å². The lowest BCUT2D eigenvalue weighted by molar-refractivity contribution is -0.697. The molecule has 8 heteroatoms. The number of pyridine rings is 1. The van der Waals surface area contributed by atoms with E-state index in [1.54, 1.807) is 18.6 Å². The second-order valence-electron chi connectivity index (χ2n) is 7.08. The van der Waals surface area contributed by atoms with Crippen LogP contribution in [0.25, 0.3) is 11.3 Å². The molecule has 4 rings (SSSR count). The van der Waals surface area contributed by atoms with E-state index in [4.69, 9.17) is 4.74 Å². The summed E-state index contributed by atoms with van der Waals surface area (Å²) in [6.07, 6.45) is 10.3. The minimum absolute atomic E-state index is 0.178. The number of fused-ring (bicyclic) bond motifs is 1. The Labute approximate surface area is 182 Å². The summed E-state index contributed by atoms with van der Waals surface area (Å²) >= 11 is 0. The molecule has 7 nitrogen and oxygen atoms in total. The fourth-order valence-electron chi connectivity index (χ4n) is 3.05. The molecule has 0 N–H and O–H groups in total. The van der Waals surface area contributed by atoms with Crippen molar-refractivity contribution in [2.75, 3.05) is 6.66 Å². The highest BCUT2D eigenvalue weighted by Crippen LogP contribution is 2.34. The molecule has 3 heterocycles. The Bertz CT molecular complexity index is 1100. The zero-order chi connectivity index (χ0) is 21.5. The van der Waals surface area contributed by atoms with Crippen molar-refractivity contribution >= 4 is 26.6 Å². The smallest absolute Gasteiger partial charge is 0.306 e. The molecule has 1 aromatic carbocycles. The number of carbonyl (C=O) groups is 1. The van der Waals surface area contributed by atoms with E-state index in [1.807, 2.05) is 66.1 Å². The highest BCUT2D eigenvalue weighted by molar-refractivity contribution is 7.54. The van der Waals surface area contributed by atoms with Crippen molar-refractivity contribution in [2.24, 2.45) is 9.53 Å². The number of rotatable bonds is 7. The summed E-state index contributed by atoms with van der Waals surface area (Å²) < 4.78 is 16.1. The van der Waals surface area contributed by atoms with E-state index in [0.29, 0.717) is 19.4 Å². The lowest BCUT2D eigenvalue weighted by atomic mass is 10.2. The Morgan fingerprint density at radius 3 is 2.55 bits per heavy atom. The molecule has 2 aromatic heterocycles. The van der Waals surface area contributed by atoms with Gasteiger partial charge in [-0.15, -0.1) is 0 Å². The fraction of sp³-hybridized carbons (Fsp3) is 0.217. The molecule has 1 aliphatic rings. The predicted molar refractivity (Wildman–Crippen MR) is 121 cm³/mol. The van der Waals surface area contributed by atoms with E-state index in [2.05, 4.69) is 19.5 Å². The van der Waals surface area contributed by atoms with Crippen LogP contribution in [-0.2, 0) is 22.7 Å². The maximum atomic E-state index is 11.9. The number of benzene rings is 1. The van der Waals surface area contributed by atoms with Gasteiger partial charge in [0.1, 0.15) is 32.8 Å². The molecule has 156 valence electrons. The second kappa shape index (κ2) is 10.1. The number of hydrogen-bond acceptors (Lipinski definition) is 6. The quantitative estimate of drug-likeness (QED) is 0.324. The maximum absolute atomic E-state index is 11.9. The Hall–Kier alpha value is -3.31.